The Bertz CT molecular complexity index is 652. The minimum absolute atomic E-state index is 0.104. The molecule has 0 saturated carbocycles. The molecule has 1 aromatic rings. The monoisotopic (exact) mass is 287 g/mol. The lowest BCUT2D eigenvalue weighted by atomic mass is 9.96. The first-order valence-electron chi connectivity index (χ1n) is 6.88. The molecule has 0 aromatic heterocycles. The molecule has 0 spiro atoms. The molecule has 1 saturated heterocycles. The van der Waals surface area contributed by atoms with Gasteiger partial charge >= 0.3 is 0 Å². The highest BCUT2D eigenvalue weighted by atomic mass is 16.2. The number of fused-ring (bicyclic) bond motifs is 1. The number of rotatable bonds is 1. The van der Waals surface area contributed by atoms with Gasteiger partial charge in [-0.1, -0.05) is 6.07 Å². The number of nitrogens with zero attached hydrogens (tertiary/aromatic N) is 1. The van der Waals surface area contributed by atoms with E-state index >= 15 is 0 Å². The lowest BCUT2D eigenvalue weighted by Crippen LogP contribution is -2.65. The number of nitrogens with one attached hydrogen (secondary N) is 2. The van der Waals surface area contributed by atoms with Crippen LogP contribution in [0.25, 0.3) is 0 Å². The Balaban J connectivity index is 1.93. The summed E-state index contributed by atoms with van der Waals surface area (Å²) in [4.78, 5) is 37.5. The van der Waals surface area contributed by atoms with E-state index in [-0.39, 0.29) is 12.5 Å². The van der Waals surface area contributed by atoms with Gasteiger partial charge < -0.3 is 10.2 Å². The Hall–Kier alpha value is -2.21. The summed E-state index contributed by atoms with van der Waals surface area (Å²) in [5, 5.41) is 5.49. The van der Waals surface area contributed by atoms with E-state index in [1.807, 2.05) is 12.1 Å². The van der Waals surface area contributed by atoms with Crippen LogP contribution >= 0.6 is 0 Å². The molecule has 0 atom stereocenters. The number of imide groups is 1. The smallest absolute Gasteiger partial charge is 0.255 e. The standard InChI is InChI=1S/C15H17N3O3/c1-15(2)14(21)17-12(19)8-18(15)13(20)9-3-4-10-6-16-7-11(10)5-9/h3-5,16H,6-8H2,1-2H3,(H,17,19,21). The third-order valence-electron chi connectivity index (χ3n) is 4.11. The Morgan fingerprint density at radius 3 is 2.67 bits per heavy atom. The van der Waals surface area contributed by atoms with Gasteiger partial charge in [-0.15, -0.1) is 0 Å². The predicted octanol–water partition coefficient (Wildman–Crippen LogP) is 0.167. The van der Waals surface area contributed by atoms with Crippen LogP contribution in [0.1, 0.15) is 35.3 Å². The number of hydrogen-bond acceptors (Lipinski definition) is 4. The maximum Gasteiger partial charge on any atom is 0.255 e. The van der Waals surface area contributed by atoms with Gasteiger partial charge in [0.2, 0.25) is 5.91 Å². The van der Waals surface area contributed by atoms with Gasteiger partial charge in [-0.25, -0.2) is 0 Å². The predicted molar refractivity (Wildman–Crippen MR) is 75.3 cm³/mol. The largest absolute Gasteiger partial charge is 0.315 e. The van der Waals surface area contributed by atoms with Crippen LogP contribution < -0.4 is 10.6 Å². The molecule has 1 aromatic carbocycles. The fourth-order valence-electron chi connectivity index (χ4n) is 2.69. The summed E-state index contributed by atoms with van der Waals surface area (Å²) in [7, 11) is 0. The summed E-state index contributed by atoms with van der Waals surface area (Å²) in [6.07, 6.45) is 0. The van der Waals surface area contributed by atoms with Crippen LogP contribution in [-0.4, -0.2) is 34.7 Å². The highest BCUT2D eigenvalue weighted by Gasteiger charge is 2.43. The molecule has 6 heteroatoms. The van der Waals surface area contributed by atoms with E-state index in [0.717, 1.165) is 18.7 Å². The van der Waals surface area contributed by atoms with Gasteiger partial charge in [-0.3, -0.25) is 19.7 Å². The number of benzene rings is 1. The zero-order chi connectivity index (χ0) is 15.2. The van der Waals surface area contributed by atoms with Crippen LogP contribution in [-0.2, 0) is 22.7 Å². The molecule has 3 amide bonds. The quantitative estimate of drug-likeness (QED) is 0.722. The van der Waals surface area contributed by atoms with Crippen molar-refractivity contribution >= 4 is 17.7 Å². The highest BCUT2D eigenvalue weighted by molar-refractivity contribution is 6.08. The maximum atomic E-state index is 12.7. The molecule has 0 unspecified atom stereocenters. The summed E-state index contributed by atoms with van der Waals surface area (Å²) < 4.78 is 0. The molecule has 6 nitrogen and oxygen atoms in total. The zero-order valence-electron chi connectivity index (χ0n) is 12.0. The van der Waals surface area contributed by atoms with Crippen LogP contribution in [0, 0.1) is 0 Å². The van der Waals surface area contributed by atoms with Crippen molar-refractivity contribution in [2.24, 2.45) is 0 Å². The first-order chi connectivity index (χ1) is 9.89. The fraction of sp³-hybridized carbons (Fsp3) is 0.400. The SMILES string of the molecule is CC1(C)C(=O)NC(=O)CN1C(=O)c1ccc2c(c1)CNC2. The summed E-state index contributed by atoms with van der Waals surface area (Å²) in [5.41, 5.74) is 1.74. The van der Waals surface area contributed by atoms with Crippen LogP contribution in [0.2, 0.25) is 0 Å². The number of piperazine rings is 1. The van der Waals surface area contributed by atoms with Crippen molar-refractivity contribution in [1.82, 2.24) is 15.5 Å². The number of carbonyl (C=O) groups excluding carboxylic acids is 3. The van der Waals surface area contributed by atoms with E-state index in [0.29, 0.717) is 5.56 Å². The maximum absolute atomic E-state index is 12.7. The van der Waals surface area contributed by atoms with Crippen molar-refractivity contribution in [1.29, 1.82) is 0 Å². The second kappa shape index (κ2) is 4.66. The third kappa shape index (κ3) is 2.21. The molecule has 2 N–H and O–H groups in total. The Labute approximate surface area is 122 Å². The van der Waals surface area contributed by atoms with Crippen molar-refractivity contribution in [3.8, 4) is 0 Å². The van der Waals surface area contributed by atoms with Gasteiger partial charge in [-0.05, 0) is 37.1 Å². The Kier molecular flexibility index (Phi) is 3.06. The van der Waals surface area contributed by atoms with E-state index in [9.17, 15) is 14.4 Å². The van der Waals surface area contributed by atoms with Crippen molar-refractivity contribution < 1.29 is 14.4 Å². The van der Waals surface area contributed by atoms with Gasteiger partial charge in [0.1, 0.15) is 12.1 Å². The molecule has 110 valence electrons. The van der Waals surface area contributed by atoms with Gasteiger partial charge in [0.15, 0.2) is 0 Å². The van der Waals surface area contributed by atoms with Crippen molar-refractivity contribution in [3.05, 3.63) is 34.9 Å². The number of carbonyl (C=O) groups is 3. The first kappa shape index (κ1) is 13.8. The van der Waals surface area contributed by atoms with Crippen LogP contribution in [0.4, 0.5) is 0 Å². The molecule has 21 heavy (non-hydrogen) atoms. The molecule has 1 fully saturated rings. The van der Waals surface area contributed by atoms with Gasteiger partial charge in [0.25, 0.3) is 11.8 Å². The molecule has 3 rings (SSSR count). The molecular weight excluding hydrogens is 270 g/mol. The third-order valence-corrected chi connectivity index (χ3v) is 4.11. The summed E-state index contributed by atoms with van der Waals surface area (Å²) in [5.74, 6) is -1.19. The molecule has 2 aliphatic heterocycles. The molecule has 0 radical (unpaired) electrons. The number of amides is 3. The Morgan fingerprint density at radius 2 is 1.90 bits per heavy atom. The van der Waals surface area contributed by atoms with Gasteiger partial charge in [0, 0.05) is 18.7 Å². The minimum Gasteiger partial charge on any atom is -0.315 e. The summed E-state index contributed by atoms with van der Waals surface area (Å²) in [6, 6.07) is 5.51. The van der Waals surface area contributed by atoms with E-state index in [1.165, 1.54) is 10.5 Å². The van der Waals surface area contributed by atoms with Crippen LogP contribution in [0.5, 0.6) is 0 Å². The zero-order valence-corrected chi connectivity index (χ0v) is 12.0. The summed E-state index contributed by atoms with van der Waals surface area (Å²) >= 11 is 0. The van der Waals surface area contributed by atoms with Crippen molar-refractivity contribution in [3.63, 3.8) is 0 Å². The second-order valence-corrected chi connectivity index (χ2v) is 5.91. The highest BCUT2D eigenvalue weighted by Crippen LogP contribution is 2.23. The summed E-state index contributed by atoms with van der Waals surface area (Å²) in [6.45, 7) is 4.72. The molecule has 2 aliphatic rings. The molecule has 2 heterocycles. The molecule has 0 bridgehead atoms. The van der Waals surface area contributed by atoms with Crippen molar-refractivity contribution in [2.75, 3.05) is 6.54 Å². The van der Waals surface area contributed by atoms with E-state index < -0.39 is 17.4 Å². The normalized spacial score (nSPS) is 20.2. The van der Waals surface area contributed by atoms with Crippen LogP contribution in [0.15, 0.2) is 18.2 Å². The average molecular weight is 287 g/mol. The minimum atomic E-state index is -1.04. The van der Waals surface area contributed by atoms with E-state index in [4.69, 9.17) is 0 Å². The van der Waals surface area contributed by atoms with Crippen molar-refractivity contribution in [2.45, 2.75) is 32.5 Å². The lowest BCUT2D eigenvalue weighted by Gasteiger charge is -2.40. The topological polar surface area (TPSA) is 78.5 Å². The van der Waals surface area contributed by atoms with E-state index in [1.54, 1.807) is 19.9 Å². The number of hydrogen-bond donors (Lipinski definition) is 2. The first-order valence-corrected chi connectivity index (χ1v) is 6.88. The second-order valence-electron chi connectivity index (χ2n) is 5.91. The fourth-order valence-corrected chi connectivity index (χ4v) is 2.69. The van der Waals surface area contributed by atoms with Crippen LogP contribution in [0.3, 0.4) is 0 Å². The van der Waals surface area contributed by atoms with Gasteiger partial charge in [-0.2, -0.15) is 0 Å². The average Bonchev–Trinajstić information content (AvgIpc) is 2.89. The molecular formula is C15H17N3O3. The Morgan fingerprint density at radius 1 is 1.19 bits per heavy atom. The lowest BCUT2D eigenvalue weighted by molar-refractivity contribution is -0.143. The van der Waals surface area contributed by atoms with E-state index in [2.05, 4.69) is 10.6 Å². The molecule has 0 aliphatic carbocycles. The van der Waals surface area contributed by atoms with Gasteiger partial charge in [0.05, 0.1) is 0 Å².